The van der Waals surface area contributed by atoms with Crippen LogP contribution in [0.5, 0.6) is 0 Å². The maximum Gasteiger partial charge on any atom is 0.239 e. The lowest BCUT2D eigenvalue weighted by Gasteiger charge is -2.37. The molecule has 3 rings (SSSR count). The summed E-state index contributed by atoms with van der Waals surface area (Å²) in [4.78, 5) is 17.3. The van der Waals surface area contributed by atoms with Gasteiger partial charge in [0, 0.05) is 19.6 Å². The first-order valence-electron chi connectivity index (χ1n) is 8.74. The second-order valence-electron chi connectivity index (χ2n) is 6.94. The molecule has 2 heterocycles. The molecule has 2 aliphatic rings. The van der Waals surface area contributed by atoms with Crippen LogP contribution in [-0.2, 0) is 11.3 Å². The van der Waals surface area contributed by atoms with Crippen molar-refractivity contribution in [1.82, 2.24) is 9.80 Å². The highest BCUT2D eigenvalue weighted by atomic mass is 16.2. The summed E-state index contributed by atoms with van der Waals surface area (Å²) >= 11 is 0. The number of likely N-dealkylation sites (tertiary alicyclic amines) is 2. The Hall–Kier alpha value is -1.35. The van der Waals surface area contributed by atoms with E-state index in [1.807, 2.05) is 0 Å². The molecule has 0 aromatic heterocycles. The van der Waals surface area contributed by atoms with Gasteiger partial charge in [0.1, 0.15) is 0 Å². The SMILES string of the molecule is Cc1ccc(C)c(CN2CCCCC2C(=O)N2CCCC2)c1. The molecule has 0 N–H and O–H groups in total. The molecule has 2 fully saturated rings. The molecule has 0 bridgehead atoms. The van der Waals surface area contributed by atoms with Crippen molar-refractivity contribution >= 4 is 5.91 Å². The highest BCUT2D eigenvalue weighted by Gasteiger charge is 2.32. The molecule has 1 aromatic carbocycles. The molecule has 1 amide bonds. The first kappa shape index (κ1) is 15.5. The van der Waals surface area contributed by atoms with Gasteiger partial charge in [-0.15, -0.1) is 0 Å². The molecule has 0 aliphatic carbocycles. The fourth-order valence-corrected chi connectivity index (χ4v) is 3.80. The largest absolute Gasteiger partial charge is 0.341 e. The number of hydrogen-bond donors (Lipinski definition) is 0. The highest BCUT2D eigenvalue weighted by molar-refractivity contribution is 5.82. The summed E-state index contributed by atoms with van der Waals surface area (Å²) in [5.74, 6) is 0.377. The molecule has 22 heavy (non-hydrogen) atoms. The molecule has 1 unspecified atom stereocenters. The number of benzene rings is 1. The van der Waals surface area contributed by atoms with Crippen LogP contribution in [0, 0.1) is 13.8 Å². The van der Waals surface area contributed by atoms with Crippen LogP contribution in [0.25, 0.3) is 0 Å². The van der Waals surface area contributed by atoms with E-state index in [1.54, 1.807) is 0 Å². The molecule has 3 heteroatoms. The number of piperidine rings is 1. The third-order valence-corrected chi connectivity index (χ3v) is 5.19. The predicted octanol–water partition coefficient (Wildman–Crippen LogP) is 3.28. The van der Waals surface area contributed by atoms with Gasteiger partial charge < -0.3 is 4.90 Å². The molecule has 1 atom stereocenters. The number of hydrogen-bond acceptors (Lipinski definition) is 2. The molecule has 2 aliphatic heterocycles. The van der Waals surface area contributed by atoms with Gasteiger partial charge in [-0.2, -0.15) is 0 Å². The normalized spacial score (nSPS) is 23.0. The van der Waals surface area contributed by atoms with E-state index >= 15 is 0 Å². The second-order valence-corrected chi connectivity index (χ2v) is 6.94. The monoisotopic (exact) mass is 300 g/mol. The summed E-state index contributed by atoms with van der Waals surface area (Å²) in [6.45, 7) is 8.22. The van der Waals surface area contributed by atoms with Crippen molar-refractivity contribution in [2.24, 2.45) is 0 Å². The lowest BCUT2D eigenvalue weighted by atomic mass is 9.98. The first-order chi connectivity index (χ1) is 10.6. The quantitative estimate of drug-likeness (QED) is 0.855. The summed E-state index contributed by atoms with van der Waals surface area (Å²) in [5, 5.41) is 0. The van der Waals surface area contributed by atoms with Crippen LogP contribution in [0.15, 0.2) is 18.2 Å². The molecule has 120 valence electrons. The summed E-state index contributed by atoms with van der Waals surface area (Å²) < 4.78 is 0. The van der Waals surface area contributed by atoms with Gasteiger partial charge >= 0.3 is 0 Å². The summed E-state index contributed by atoms with van der Waals surface area (Å²) in [7, 11) is 0. The number of amides is 1. The third kappa shape index (κ3) is 3.35. The Kier molecular flexibility index (Phi) is 4.82. The van der Waals surface area contributed by atoms with Gasteiger partial charge in [-0.1, -0.05) is 30.2 Å². The minimum atomic E-state index is 0.103. The molecular formula is C19H28N2O. The number of nitrogens with zero attached hydrogens (tertiary/aromatic N) is 2. The predicted molar refractivity (Wildman–Crippen MR) is 89.8 cm³/mol. The summed E-state index contributed by atoms with van der Waals surface area (Å²) in [5.41, 5.74) is 4.02. The number of aryl methyl sites for hydroxylation is 2. The Bertz CT molecular complexity index is 534. The van der Waals surface area contributed by atoms with E-state index in [1.165, 1.54) is 42.4 Å². The minimum absolute atomic E-state index is 0.103. The zero-order valence-electron chi connectivity index (χ0n) is 14.0. The maximum absolute atomic E-state index is 12.8. The Balaban J connectivity index is 1.74. The third-order valence-electron chi connectivity index (χ3n) is 5.19. The van der Waals surface area contributed by atoms with E-state index in [2.05, 4.69) is 41.8 Å². The van der Waals surface area contributed by atoms with E-state index in [-0.39, 0.29) is 6.04 Å². The zero-order chi connectivity index (χ0) is 15.5. The van der Waals surface area contributed by atoms with Gasteiger partial charge in [0.05, 0.1) is 6.04 Å². The Labute approximate surface area is 134 Å². The fourth-order valence-electron chi connectivity index (χ4n) is 3.80. The lowest BCUT2D eigenvalue weighted by molar-refractivity contribution is -0.137. The molecule has 3 nitrogen and oxygen atoms in total. The van der Waals surface area contributed by atoms with Crippen molar-refractivity contribution < 1.29 is 4.79 Å². The molecule has 0 spiro atoms. The van der Waals surface area contributed by atoms with Gasteiger partial charge in [0.2, 0.25) is 5.91 Å². The van der Waals surface area contributed by atoms with Crippen LogP contribution < -0.4 is 0 Å². The summed E-state index contributed by atoms with van der Waals surface area (Å²) in [6.07, 6.45) is 5.79. The van der Waals surface area contributed by atoms with Crippen LogP contribution >= 0.6 is 0 Å². The topological polar surface area (TPSA) is 23.6 Å². The molecule has 1 aromatic rings. The Morgan fingerprint density at radius 3 is 2.59 bits per heavy atom. The fraction of sp³-hybridized carbons (Fsp3) is 0.632. The van der Waals surface area contributed by atoms with E-state index < -0.39 is 0 Å². The van der Waals surface area contributed by atoms with E-state index in [9.17, 15) is 4.79 Å². The van der Waals surface area contributed by atoms with Crippen LogP contribution in [0.2, 0.25) is 0 Å². The highest BCUT2D eigenvalue weighted by Crippen LogP contribution is 2.24. The smallest absolute Gasteiger partial charge is 0.239 e. The Morgan fingerprint density at radius 1 is 1.09 bits per heavy atom. The van der Waals surface area contributed by atoms with Crippen molar-refractivity contribution in [2.75, 3.05) is 19.6 Å². The number of rotatable bonds is 3. The van der Waals surface area contributed by atoms with E-state index in [0.717, 1.165) is 32.6 Å². The molecule has 0 saturated carbocycles. The zero-order valence-corrected chi connectivity index (χ0v) is 14.0. The number of carbonyl (C=O) groups excluding carboxylic acids is 1. The van der Waals surface area contributed by atoms with Gasteiger partial charge in [-0.25, -0.2) is 0 Å². The van der Waals surface area contributed by atoms with Crippen molar-refractivity contribution in [3.63, 3.8) is 0 Å². The second kappa shape index (κ2) is 6.82. The first-order valence-corrected chi connectivity index (χ1v) is 8.74. The Morgan fingerprint density at radius 2 is 1.82 bits per heavy atom. The maximum atomic E-state index is 12.8. The van der Waals surface area contributed by atoms with Crippen molar-refractivity contribution in [3.8, 4) is 0 Å². The van der Waals surface area contributed by atoms with Gasteiger partial charge in [0.15, 0.2) is 0 Å². The van der Waals surface area contributed by atoms with Crippen molar-refractivity contribution in [2.45, 2.75) is 58.5 Å². The molecule has 0 radical (unpaired) electrons. The van der Waals surface area contributed by atoms with E-state index in [0.29, 0.717) is 5.91 Å². The van der Waals surface area contributed by atoms with Gasteiger partial charge in [-0.3, -0.25) is 9.69 Å². The van der Waals surface area contributed by atoms with Crippen molar-refractivity contribution in [3.05, 3.63) is 34.9 Å². The van der Waals surface area contributed by atoms with Crippen LogP contribution in [0.4, 0.5) is 0 Å². The average molecular weight is 300 g/mol. The van der Waals surface area contributed by atoms with Crippen LogP contribution in [-0.4, -0.2) is 41.4 Å². The molecular weight excluding hydrogens is 272 g/mol. The lowest BCUT2D eigenvalue weighted by Crippen LogP contribution is -2.49. The molecule has 2 saturated heterocycles. The minimum Gasteiger partial charge on any atom is -0.341 e. The van der Waals surface area contributed by atoms with Gasteiger partial charge in [0.25, 0.3) is 0 Å². The average Bonchev–Trinajstić information content (AvgIpc) is 3.05. The van der Waals surface area contributed by atoms with E-state index in [4.69, 9.17) is 0 Å². The van der Waals surface area contributed by atoms with Crippen LogP contribution in [0.3, 0.4) is 0 Å². The van der Waals surface area contributed by atoms with Crippen LogP contribution in [0.1, 0.15) is 48.8 Å². The number of carbonyl (C=O) groups is 1. The standard InChI is InChI=1S/C19H28N2O/c1-15-8-9-16(2)17(13-15)14-21-12-4-3-7-18(21)19(22)20-10-5-6-11-20/h8-9,13,18H,3-7,10-12,14H2,1-2H3. The summed E-state index contributed by atoms with van der Waals surface area (Å²) in [6, 6.07) is 6.75. The van der Waals surface area contributed by atoms with Crippen molar-refractivity contribution in [1.29, 1.82) is 0 Å². The van der Waals surface area contributed by atoms with Gasteiger partial charge in [-0.05, 0) is 57.2 Å².